The fourth-order valence-corrected chi connectivity index (χ4v) is 1.52. The quantitative estimate of drug-likeness (QED) is 0.599. The van der Waals surface area contributed by atoms with Crippen LogP contribution in [-0.4, -0.2) is 22.9 Å². The lowest BCUT2D eigenvalue weighted by Crippen LogP contribution is -2.20. The van der Waals surface area contributed by atoms with E-state index in [-0.39, 0.29) is 0 Å². The fraction of sp³-hybridized carbons (Fsp3) is 0.667. The van der Waals surface area contributed by atoms with Crippen LogP contribution < -0.4 is 0 Å². The highest BCUT2D eigenvalue weighted by molar-refractivity contribution is 5.00. The Morgan fingerprint density at radius 2 is 1.43 bits per heavy atom. The highest BCUT2D eigenvalue weighted by Crippen LogP contribution is 2.07. The molecule has 0 saturated heterocycles. The summed E-state index contributed by atoms with van der Waals surface area (Å²) >= 11 is 0. The lowest BCUT2D eigenvalue weighted by Gasteiger charge is -2.23. The molecule has 2 heteroatoms. The van der Waals surface area contributed by atoms with Crippen LogP contribution in [0.15, 0.2) is 24.8 Å². The molecule has 0 aromatic heterocycles. The predicted octanol–water partition coefficient (Wildman–Crippen LogP) is 3.15. The molecule has 0 bridgehead atoms. The molecule has 1 aliphatic rings. The highest BCUT2D eigenvalue weighted by Gasteiger charge is 2.00. The van der Waals surface area contributed by atoms with Crippen LogP contribution in [0, 0.1) is 0 Å². The third-order valence-electron chi connectivity index (χ3n) is 2.53. The first kappa shape index (κ1) is 11.2. The molecule has 1 rings (SSSR count). The Bertz CT molecular complexity index is 182. The monoisotopic (exact) mass is 194 g/mol. The van der Waals surface area contributed by atoms with E-state index in [2.05, 4.69) is 48.4 Å². The summed E-state index contributed by atoms with van der Waals surface area (Å²) in [6.45, 7) is 6.62. The van der Waals surface area contributed by atoms with Gasteiger partial charge in [0.15, 0.2) is 0 Å². The Balaban J connectivity index is 2.12. The SMILES string of the molecule is CCCCCCN1C=CN(CC)C=C1. The molecule has 0 unspecified atom stereocenters. The Morgan fingerprint density at radius 1 is 0.786 bits per heavy atom. The maximum Gasteiger partial charge on any atom is 0.0220 e. The minimum atomic E-state index is 1.05. The zero-order chi connectivity index (χ0) is 10.2. The molecule has 1 aliphatic heterocycles. The molecular weight excluding hydrogens is 172 g/mol. The van der Waals surface area contributed by atoms with E-state index in [0.717, 1.165) is 13.1 Å². The van der Waals surface area contributed by atoms with E-state index >= 15 is 0 Å². The first-order chi connectivity index (χ1) is 6.86. The second-order valence-corrected chi connectivity index (χ2v) is 3.73. The molecule has 0 atom stereocenters. The van der Waals surface area contributed by atoms with Crippen LogP contribution in [0.5, 0.6) is 0 Å². The van der Waals surface area contributed by atoms with Gasteiger partial charge in [0.05, 0.1) is 0 Å². The topological polar surface area (TPSA) is 6.48 Å². The Morgan fingerprint density at radius 3 is 2.00 bits per heavy atom. The number of hydrogen-bond acceptors (Lipinski definition) is 2. The molecule has 1 heterocycles. The van der Waals surface area contributed by atoms with Crippen LogP contribution in [0.1, 0.15) is 39.5 Å². The van der Waals surface area contributed by atoms with Gasteiger partial charge in [0.2, 0.25) is 0 Å². The van der Waals surface area contributed by atoms with Gasteiger partial charge in [0.25, 0.3) is 0 Å². The van der Waals surface area contributed by atoms with Crippen molar-refractivity contribution in [2.75, 3.05) is 13.1 Å². The molecule has 0 aromatic carbocycles. The number of hydrogen-bond donors (Lipinski definition) is 0. The van der Waals surface area contributed by atoms with Crippen LogP contribution in [0.25, 0.3) is 0 Å². The Kier molecular flexibility index (Phi) is 5.20. The van der Waals surface area contributed by atoms with Crippen molar-refractivity contribution in [1.82, 2.24) is 9.80 Å². The molecule has 0 aliphatic carbocycles. The van der Waals surface area contributed by atoms with Gasteiger partial charge in [0.1, 0.15) is 0 Å². The smallest absolute Gasteiger partial charge is 0.0220 e. The van der Waals surface area contributed by atoms with E-state index in [1.54, 1.807) is 0 Å². The first-order valence-corrected chi connectivity index (χ1v) is 5.75. The molecule has 0 amide bonds. The maximum absolute atomic E-state index is 2.27. The molecule has 0 N–H and O–H groups in total. The van der Waals surface area contributed by atoms with Gasteiger partial charge in [-0.1, -0.05) is 26.2 Å². The van der Waals surface area contributed by atoms with Crippen LogP contribution in [0.4, 0.5) is 0 Å². The third-order valence-corrected chi connectivity index (χ3v) is 2.53. The van der Waals surface area contributed by atoms with E-state index in [4.69, 9.17) is 0 Å². The Labute approximate surface area is 87.9 Å². The van der Waals surface area contributed by atoms with Crippen molar-refractivity contribution in [3.63, 3.8) is 0 Å². The Hall–Kier alpha value is -0.920. The number of unbranched alkanes of at least 4 members (excludes halogenated alkanes) is 3. The van der Waals surface area contributed by atoms with Crippen molar-refractivity contribution >= 4 is 0 Å². The molecule has 0 radical (unpaired) electrons. The zero-order valence-corrected chi connectivity index (χ0v) is 9.45. The van der Waals surface area contributed by atoms with Gasteiger partial charge in [-0.2, -0.15) is 0 Å². The average molecular weight is 194 g/mol. The van der Waals surface area contributed by atoms with Crippen molar-refractivity contribution in [2.24, 2.45) is 0 Å². The second kappa shape index (κ2) is 6.52. The normalized spacial score (nSPS) is 15.3. The van der Waals surface area contributed by atoms with Crippen LogP contribution >= 0.6 is 0 Å². The highest BCUT2D eigenvalue weighted by atomic mass is 15.2. The van der Waals surface area contributed by atoms with Gasteiger partial charge < -0.3 is 9.80 Å². The van der Waals surface area contributed by atoms with E-state index in [1.165, 1.54) is 25.7 Å². The molecule has 2 nitrogen and oxygen atoms in total. The molecule has 0 spiro atoms. The van der Waals surface area contributed by atoms with Crippen molar-refractivity contribution in [3.8, 4) is 0 Å². The van der Waals surface area contributed by atoms with Crippen LogP contribution in [0.3, 0.4) is 0 Å². The van der Waals surface area contributed by atoms with Gasteiger partial charge in [-0.15, -0.1) is 0 Å². The van der Waals surface area contributed by atoms with E-state index < -0.39 is 0 Å². The van der Waals surface area contributed by atoms with Crippen molar-refractivity contribution < 1.29 is 0 Å². The standard InChI is InChI=1S/C12H22N2/c1-3-5-6-7-8-14-11-9-13(4-2)10-12-14/h9-12H,3-8H2,1-2H3. The van der Waals surface area contributed by atoms with Crippen molar-refractivity contribution in [2.45, 2.75) is 39.5 Å². The summed E-state index contributed by atoms with van der Waals surface area (Å²) in [6.07, 6.45) is 13.9. The predicted molar refractivity (Wildman–Crippen MR) is 61.5 cm³/mol. The summed E-state index contributed by atoms with van der Waals surface area (Å²) in [4.78, 5) is 4.45. The van der Waals surface area contributed by atoms with Gasteiger partial charge in [0, 0.05) is 37.9 Å². The van der Waals surface area contributed by atoms with Crippen LogP contribution in [-0.2, 0) is 0 Å². The zero-order valence-electron chi connectivity index (χ0n) is 9.45. The van der Waals surface area contributed by atoms with Gasteiger partial charge >= 0.3 is 0 Å². The third kappa shape index (κ3) is 3.86. The van der Waals surface area contributed by atoms with Gasteiger partial charge in [-0.3, -0.25) is 0 Å². The van der Waals surface area contributed by atoms with E-state index in [0.29, 0.717) is 0 Å². The molecule has 80 valence electrons. The summed E-state index contributed by atoms with van der Waals surface area (Å²) in [5.74, 6) is 0. The molecular formula is C12H22N2. The number of rotatable bonds is 6. The van der Waals surface area contributed by atoms with Crippen LogP contribution in [0.2, 0.25) is 0 Å². The molecule has 0 fully saturated rings. The molecule has 14 heavy (non-hydrogen) atoms. The van der Waals surface area contributed by atoms with Gasteiger partial charge in [-0.25, -0.2) is 0 Å². The minimum Gasteiger partial charge on any atom is -0.352 e. The second-order valence-electron chi connectivity index (χ2n) is 3.73. The summed E-state index contributed by atoms with van der Waals surface area (Å²) < 4.78 is 0. The maximum atomic E-state index is 2.27. The van der Waals surface area contributed by atoms with Gasteiger partial charge in [-0.05, 0) is 13.3 Å². The molecule has 0 aromatic rings. The average Bonchev–Trinajstić information content (AvgIpc) is 2.25. The van der Waals surface area contributed by atoms with E-state index in [9.17, 15) is 0 Å². The first-order valence-electron chi connectivity index (χ1n) is 5.75. The van der Waals surface area contributed by atoms with Crippen molar-refractivity contribution in [3.05, 3.63) is 24.8 Å². The fourth-order valence-electron chi connectivity index (χ4n) is 1.52. The lowest BCUT2D eigenvalue weighted by molar-refractivity contribution is 0.418. The number of nitrogens with zero attached hydrogens (tertiary/aromatic N) is 2. The summed E-state index contributed by atoms with van der Waals surface area (Å²) in [5.41, 5.74) is 0. The molecule has 0 saturated carbocycles. The minimum absolute atomic E-state index is 1.05. The summed E-state index contributed by atoms with van der Waals surface area (Å²) in [6, 6.07) is 0. The van der Waals surface area contributed by atoms with Crippen molar-refractivity contribution in [1.29, 1.82) is 0 Å². The lowest BCUT2D eigenvalue weighted by atomic mass is 10.2. The summed E-state index contributed by atoms with van der Waals surface area (Å²) in [7, 11) is 0. The summed E-state index contributed by atoms with van der Waals surface area (Å²) in [5, 5.41) is 0. The largest absolute Gasteiger partial charge is 0.352 e. The van der Waals surface area contributed by atoms with E-state index in [1.807, 2.05) is 0 Å².